The number of hydrogen-bond donors (Lipinski definition) is 0. The molecular weight excluding hydrogens is 402 g/mol. The smallest absolute Gasteiger partial charge is 0.241 e. The van der Waals surface area contributed by atoms with Crippen LogP contribution < -0.4 is 14.4 Å². The van der Waals surface area contributed by atoms with Crippen molar-refractivity contribution in [3.63, 3.8) is 0 Å². The molecule has 0 N–H and O–H groups in total. The molecule has 0 aliphatic carbocycles. The van der Waals surface area contributed by atoms with Crippen molar-refractivity contribution in [1.82, 2.24) is 0 Å². The largest absolute Gasteiger partial charge is 0.497 e. The number of amides is 1. The molecule has 1 aliphatic rings. The number of nitrogens with zero attached hydrogens (tertiary/aromatic N) is 1. The summed E-state index contributed by atoms with van der Waals surface area (Å²) < 4.78 is 10.7. The maximum Gasteiger partial charge on any atom is 0.241 e. The van der Waals surface area contributed by atoms with E-state index in [1.165, 1.54) is 0 Å². The summed E-state index contributed by atoms with van der Waals surface area (Å²) in [5.74, 6) is 1.02. The van der Waals surface area contributed by atoms with Crippen LogP contribution in [0.3, 0.4) is 0 Å². The van der Waals surface area contributed by atoms with Gasteiger partial charge in [-0.25, -0.2) is 0 Å². The lowest BCUT2D eigenvalue weighted by molar-refractivity contribution is -0.123. The molecule has 5 heteroatoms. The van der Waals surface area contributed by atoms with E-state index in [-0.39, 0.29) is 11.7 Å². The Bertz CT molecular complexity index is 1120. The molecule has 1 saturated heterocycles. The Kier molecular flexibility index (Phi) is 5.99. The monoisotopic (exact) mass is 429 g/mol. The zero-order chi connectivity index (χ0) is 22.7. The Morgan fingerprint density at radius 2 is 1.62 bits per heavy atom. The van der Waals surface area contributed by atoms with Crippen LogP contribution in [0.4, 0.5) is 5.69 Å². The van der Waals surface area contributed by atoms with Gasteiger partial charge in [0.25, 0.3) is 0 Å². The van der Waals surface area contributed by atoms with Crippen LogP contribution in [0, 0.1) is 12.3 Å². The summed E-state index contributed by atoms with van der Waals surface area (Å²) in [7, 11) is 3.20. The van der Waals surface area contributed by atoms with Crippen molar-refractivity contribution in [2.75, 3.05) is 25.7 Å². The van der Waals surface area contributed by atoms with Crippen LogP contribution in [0.15, 0.2) is 72.8 Å². The molecule has 1 heterocycles. The van der Waals surface area contributed by atoms with Gasteiger partial charge in [0.05, 0.1) is 19.9 Å². The van der Waals surface area contributed by atoms with Gasteiger partial charge in [-0.1, -0.05) is 54.1 Å². The van der Waals surface area contributed by atoms with Crippen molar-refractivity contribution in [2.45, 2.75) is 19.8 Å². The molecule has 1 atom stereocenters. The molecule has 5 nitrogen and oxygen atoms in total. The Hall–Kier alpha value is -3.60. The summed E-state index contributed by atoms with van der Waals surface area (Å²) in [5, 5.41) is 0. The molecule has 0 bridgehead atoms. The second-order valence-corrected chi connectivity index (χ2v) is 8.18. The van der Waals surface area contributed by atoms with Gasteiger partial charge in [-0.15, -0.1) is 0 Å². The lowest BCUT2D eigenvalue weighted by Crippen LogP contribution is -2.42. The predicted octanol–water partition coefficient (Wildman–Crippen LogP) is 4.86. The number of para-hydroxylation sites is 2. The van der Waals surface area contributed by atoms with Gasteiger partial charge in [-0.2, -0.15) is 0 Å². The lowest BCUT2D eigenvalue weighted by Gasteiger charge is -2.27. The molecule has 0 saturated carbocycles. The highest BCUT2D eigenvalue weighted by Gasteiger charge is 2.53. The first-order valence-electron chi connectivity index (χ1n) is 10.7. The molecule has 1 aliphatic heterocycles. The standard InChI is InChI=1S/C27H27NO4/c1-19-8-12-21(13-9-19)25(29)27(18-20-10-14-22(31-2)15-11-20)16-17-28(26(27)30)23-6-4-5-7-24(23)32-3/h4-15H,16-18H2,1-3H3/t27-/m1/s1. The van der Waals surface area contributed by atoms with E-state index in [1.807, 2.05) is 79.7 Å². The topological polar surface area (TPSA) is 55.8 Å². The Balaban J connectivity index is 1.76. The fourth-order valence-corrected chi connectivity index (χ4v) is 4.38. The number of Topliss-reactive ketones (excluding diaryl/α,β-unsaturated/α-hetero) is 1. The average Bonchev–Trinajstić information content (AvgIpc) is 3.16. The fraction of sp³-hybridized carbons (Fsp3) is 0.259. The number of ketones is 1. The van der Waals surface area contributed by atoms with Crippen molar-refractivity contribution < 1.29 is 19.1 Å². The minimum absolute atomic E-state index is 0.143. The SMILES string of the molecule is COc1ccc(C[C@@]2(C(=O)c3ccc(C)cc3)CCN(c3ccccc3OC)C2=O)cc1. The molecule has 1 fully saturated rings. The normalized spacial score (nSPS) is 18.0. The number of carbonyl (C=O) groups excluding carboxylic acids is 2. The highest BCUT2D eigenvalue weighted by atomic mass is 16.5. The van der Waals surface area contributed by atoms with E-state index in [2.05, 4.69) is 0 Å². The predicted molar refractivity (Wildman–Crippen MR) is 125 cm³/mol. The molecule has 0 unspecified atom stereocenters. The number of rotatable bonds is 7. The van der Waals surface area contributed by atoms with Crippen molar-refractivity contribution in [3.05, 3.63) is 89.5 Å². The van der Waals surface area contributed by atoms with Gasteiger partial charge < -0.3 is 14.4 Å². The average molecular weight is 430 g/mol. The van der Waals surface area contributed by atoms with E-state index in [0.29, 0.717) is 36.4 Å². The molecule has 0 radical (unpaired) electrons. The van der Waals surface area contributed by atoms with Gasteiger partial charge in [0.15, 0.2) is 5.78 Å². The van der Waals surface area contributed by atoms with Crippen LogP contribution in [-0.2, 0) is 11.2 Å². The molecule has 3 aromatic carbocycles. The van der Waals surface area contributed by atoms with Crippen LogP contribution in [0.5, 0.6) is 11.5 Å². The summed E-state index contributed by atoms with van der Waals surface area (Å²) in [5.41, 5.74) is 2.05. The minimum atomic E-state index is -1.18. The number of ether oxygens (including phenoxy) is 2. The highest BCUT2D eigenvalue weighted by molar-refractivity contribution is 6.20. The summed E-state index contributed by atoms with van der Waals surface area (Å²) in [6.45, 7) is 2.43. The van der Waals surface area contributed by atoms with Crippen molar-refractivity contribution in [2.24, 2.45) is 5.41 Å². The second kappa shape index (κ2) is 8.87. The van der Waals surface area contributed by atoms with E-state index in [9.17, 15) is 9.59 Å². The zero-order valence-corrected chi connectivity index (χ0v) is 18.6. The van der Waals surface area contributed by atoms with Gasteiger partial charge in [0.1, 0.15) is 16.9 Å². The molecule has 1 amide bonds. The maximum atomic E-state index is 13.9. The quantitative estimate of drug-likeness (QED) is 0.398. The molecule has 3 aromatic rings. The van der Waals surface area contributed by atoms with Crippen LogP contribution >= 0.6 is 0 Å². The van der Waals surface area contributed by atoms with Crippen molar-refractivity contribution >= 4 is 17.4 Å². The third kappa shape index (κ3) is 3.86. The van der Waals surface area contributed by atoms with Crippen LogP contribution in [0.25, 0.3) is 0 Å². The first-order valence-corrected chi connectivity index (χ1v) is 10.7. The van der Waals surface area contributed by atoms with Gasteiger partial charge in [-0.05, 0) is 49.6 Å². The second-order valence-electron chi connectivity index (χ2n) is 8.18. The van der Waals surface area contributed by atoms with Crippen LogP contribution in [-0.4, -0.2) is 32.5 Å². The lowest BCUT2D eigenvalue weighted by atomic mass is 9.74. The highest BCUT2D eigenvalue weighted by Crippen LogP contribution is 2.43. The summed E-state index contributed by atoms with van der Waals surface area (Å²) in [6, 6.07) is 22.4. The van der Waals surface area contributed by atoms with Crippen molar-refractivity contribution in [1.29, 1.82) is 0 Å². The van der Waals surface area contributed by atoms with E-state index in [4.69, 9.17) is 9.47 Å². The number of hydrogen-bond acceptors (Lipinski definition) is 4. The van der Waals surface area contributed by atoms with Gasteiger partial charge in [0, 0.05) is 12.1 Å². The number of methoxy groups -OCH3 is 2. The van der Waals surface area contributed by atoms with E-state index in [1.54, 1.807) is 19.1 Å². The Morgan fingerprint density at radius 1 is 0.938 bits per heavy atom. The summed E-state index contributed by atoms with van der Waals surface area (Å²) >= 11 is 0. The third-order valence-corrected chi connectivity index (χ3v) is 6.21. The summed E-state index contributed by atoms with van der Waals surface area (Å²) in [6.07, 6.45) is 0.761. The van der Waals surface area contributed by atoms with E-state index in [0.717, 1.165) is 16.9 Å². The first kappa shape index (κ1) is 21.6. The van der Waals surface area contributed by atoms with Gasteiger partial charge >= 0.3 is 0 Å². The number of benzene rings is 3. The van der Waals surface area contributed by atoms with Crippen LogP contribution in [0.2, 0.25) is 0 Å². The molecule has 0 aromatic heterocycles. The van der Waals surface area contributed by atoms with Crippen molar-refractivity contribution in [3.8, 4) is 11.5 Å². The van der Waals surface area contributed by atoms with Crippen LogP contribution in [0.1, 0.15) is 27.9 Å². The molecule has 32 heavy (non-hydrogen) atoms. The molecule has 4 rings (SSSR count). The summed E-state index contributed by atoms with van der Waals surface area (Å²) in [4.78, 5) is 29.5. The Morgan fingerprint density at radius 3 is 2.28 bits per heavy atom. The third-order valence-electron chi connectivity index (χ3n) is 6.21. The fourth-order valence-electron chi connectivity index (χ4n) is 4.38. The maximum absolute atomic E-state index is 13.9. The van der Waals surface area contributed by atoms with E-state index >= 15 is 0 Å². The number of anilines is 1. The molecule has 164 valence electrons. The minimum Gasteiger partial charge on any atom is -0.497 e. The number of aryl methyl sites for hydroxylation is 1. The van der Waals surface area contributed by atoms with Gasteiger partial charge in [0.2, 0.25) is 5.91 Å². The number of carbonyl (C=O) groups is 2. The Labute approximate surface area is 188 Å². The van der Waals surface area contributed by atoms with Gasteiger partial charge in [-0.3, -0.25) is 9.59 Å². The zero-order valence-electron chi connectivity index (χ0n) is 18.6. The molecule has 0 spiro atoms. The first-order chi connectivity index (χ1) is 15.5. The molecular formula is C27H27NO4. The van der Waals surface area contributed by atoms with E-state index < -0.39 is 5.41 Å².